The molecule has 0 saturated carbocycles. The fourth-order valence-electron chi connectivity index (χ4n) is 1.43. The van der Waals surface area contributed by atoms with E-state index in [1.54, 1.807) is 12.1 Å². The summed E-state index contributed by atoms with van der Waals surface area (Å²) in [5.41, 5.74) is 0. The average molecular weight is 228 g/mol. The van der Waals surface area contributed by atoms with Crippen molar-refractivity contribution in [3.8, 4) is 18.2 Å². The first kappa shape index (κ1) is 12.8. The maximum absolute atomic E-state index is 8.62. The lowest BCUT2D eigenvalue weighted by molar-refractivity contribution is 0.253. The van der Waals surface area contributed by atoms with E-state index in [1.165, 1.54) is 0 Å². The molecule has 0 aromatic carbocycles. The molecule has 0 atom stereocenters. The van der Waals surface area contributed by atoms with Crippen LogP contribution in [-0.2, 0) is 6.54 Å². The van der Waals surface area contributed by atoms with E-state index < -0.39 is 0 Å². The minimum atomic E-state index is 0.278. The molecule has 0 aliphatic heterocycles. The van der Waals surface area contributed by atoms with E-state index in [9.17, 15) is 0 Å². The third-order valence-electron chi connectivity index (χ3n) is 2.23. The highest BCUT2D eigenvalue weighted by molar-refractivity contribution is 5.19. The van der Waals surface area contributed by atoms with Crippen molar-refractivity contribution in [3.63, 3.8) is 0 Å². The van der Waals surface area contributed by atoms with Gasteiger partial charge < -0.3 is 4.42 Å². The van der Waals surface area contributed by atoms with E-state index in [-0.39, 0.29) is 5.76 Å². The van der Waals surface area contributed by atoms with Gasteiger partial charge in [0, 0.05) is 25.9 Å². The van der Waals surface area contributed by atoms with Crippen LogP contribution in [0.3, 0.4) is 0 Å². The zero-order chi connectivity index (χ0) is 12.5. The van der Waals surface area contributed by atoms with Gasteiger partial charge in [-0.2, -0.15) is 15.8 Å². The first-order valence-corrected chi connectivity index (χ1v) is 5.25. The van der Waals surface area contributed by atoms with E-state index in [2.05, 4.69) is 12.1 Å². The Balaban J connectivity index is 2.56. The zero-order valence-corrected chi connectivity index (χ0v) is 9.39. The normalized spacial score (nSPS) is 9.53. The SMILES string of the molecule is N#CCCN(CCC#N)Cc1ccc(C#N)o1. The van der Waals surface area contributed by atoms with Crippen LogP contribution >= 0.6 is 0 Å². The Hall–Kier alpha value is -2.29. The molecule has 5 heteroatoms. The lowest BCUT2D eigenvalue weighted by Crippen LogP contribution is -2.25. The number of hydrogen-bond acceptors (Lipinski definition) is 5. The number of nitriles is 3. The van der Waals surface area contributed by atoms with Crippen molar-refractivity contribution >= 4 is 0 Å². The Morgan fingerprint density at radius 3 is 2.18 bits per heavy atom. The average Bonchev–Trinajstić information content (AvgIpc) is 2.80. The summed E-state index contributed by atoms with van der Waals surface area (Å²) in [5.74, 6) is 0.956. The summed E-state index contributed by atoms with van der Waals surface area (Å²) in [6.07, 6.45) is 0.828. The van der Waals surface area contributed by atoms with Gasteiger partial charge in [0.1, 0.15) is 11.8 Å². The molecule has 0 aliphatic carbocycles. The van der Waals surface area contributed by atoms with Gasteiger partial charge in [-0.1, -0.05) is 0 Å². The Morgan fingerprint density at radius 1 is 1.06 bits per heavy atom. The van der Waals surface area contributed by atoms with E-state index in [4.69, 9.17) is 20.2 Å². The van der Waals surface area contributed by atoms with Crippen molar-refractivity contribution < 1.29 is 4.42 Å². The van der Waals surface area contributed by atoms with Crippen LogP contribution in [0.5, 0.6) is 0 Å². The Bertz CT molecular complexity index is 454. The standard InChI is InChI=1S/C12H12N4O/c13-5-1-7-16(8-2-6-14)10-12-4-3-11(9-15)17-12/h3-4H,1-2,7-8,10H2. The summed E-state index contributed by atoms with van der Waals surface area (Å²) in [6.45, 7) is 1.71. The van der Waals surface area contributed by atoms with Crippen molar-refractivity contribution in [2.75, 3.05) is 13.1 Å². The lowest BCUT2D eigenvalue weighted by atomic mass is 10.3. The van der Waals surface area contributed by atoms with Crippen molar-refractivity contribution in [1.82, 2.24) is 4.90 Å². The second-order valence-electron chi connectivity index (χ2n) is 3.47. The van der Waals surface area contributed by atoms with Gasteiger partial charge >= 0.3 is 0 Å². The van der Waals surface area contributed by atoms with E-state index >= 15 is 0 Å². The summed E-state index contributed by atoms with van der Waals surface area (Å²) in [4.78, 5) is 1.96. The van der Waals surface area contributed by atoms with Crippen LogP contribution in [0, 0.1) is 34.0 Å². The second-order valence-corrected chi connectivity index (χ2v) is 3.47. The van der Waals surface area contributed by atoms with Gasteiger partial charge in [-0.05, 0) is 12.1 Å². The maximum atomic E-state index is 8.62. The minimum Gasteiger partial charge on any atom is -0.449 e. The summed E-state index contributed by atoms with van der Waals surface area (Å²) in [7, 11) is 0. The van der Waals surface area contributed by atoms with Crippen LogP contribution in [0.2, 0.25) is 0 Å². The topological polar surface area (TPSA) is 87.8 Å². The molecule has 1 aromatic heterocycles. The molecule has 0 saturated heterocycles. The molecule has 0 aliphatic rings. The fraction of sp³-hybridized carbons (Fsp3) is 0.417. The van der Waals surface area contributed by atoms with Crippen molar-refractivity contribution in [1.29, 1.82) is 15.8 Å². The highest BCUT2D eigenvalue weighted by Crippen LogP contribution is 2.10. The summed E-state index contributed by atoms with van der Waals surface area (Å²) < 4.78 is 5.25. The van der Waals surface area contributed by atoms with Crippen LogP contribution in [0.15, 0.2) is 16.5 Å². The van der Waals surface area contributed by atoms with Gasteiger partial charge in [0.05, 0.1) is 18.7 Å². The van der Waals surface area contributed by atoms with Crippen LogP contribution in [-0.4, -0.2) is 18.0 Å². The molecule has 0 amide bonds. The lowest BCUT2D eigenvalue weighted by Gasteiger charge is -2.17. The molecule has 0 fully saturated rings. The third-order valence-corrected chi connectivity index (χ3v) is 2.23. The molecule has 0 bridgehead atoms. The predicted molar refractivity (Wildman–Crippen MR) is 59.2 cm³/mol. The summed E-state index contributed by atoms with van der Waals surface area (Å²) in [5, 5.41) is 25.7. The molecule has 0 N–H and O–H groups in total. The van der Waals surface area contributed by atoms with Crippen molar-refractivity contribution in [3.05, 3.63) is 23.7 Å². The molecule has 1 heterocycles. The second kappa shape index (κ2) is 7.06. The third kappa shape index (κ3) is 4.38. The molecule has 1 aromatic rings. The molecule has 0 unspecified atom stereocenters. The van der Waals surface area contributed by atoms with Crippen molar-refractivity contribution in [2.45, 2.75) is 19.4 Å². The first-order valence-electron chi connectivity index (χ1n) is 5.25. The maximum Gasteiger partial charge on any atom is 0.203 e. The largest absolute Gasteiger partial charge is 0.449 e. The Morgan fingerprint density at radius 2 is 1.71 bits per heavy atom. The van der Waals surface area contributed by atoms with Crippen LogP contribution in [0.1, 0.15) is 24.4 Å². The summed E-state index contributed by atoms with van der Waals surface area (Å²) >= 11 is 0. The molecule has 5 nitrogen and oxygen atoms in total. The smallest absolute Gasteiger partial charge is 0.203 e. The molecule has 0 radical (unpaired) electrons. The molecule has 17 heavy (non-hydrogen) atoms. The monoisotopic (exact) mass is 228 g/mol. The van der Waals surface area contributed by atoms with Gasteiger partial charge in [-0.25, -0.2) is 0 Å². The molecule has 0 spiro atoms. The number of furan rings is 1. The van der Waals surface area contributed by atoms with Crippen LogP contribution < -0.4 is 0 Å². The highest BCUT2D eigenvalue weighted by atomic mass is 16.3. The molecule has 1 rings (SSSR count). The van der Waals surface area contributed by atoms with E-state index in [1.807, 2.05) is 11.0 Å². The van der Waals surface area contributed by atoms with E-state index in [0.717, 1.165) is 0 Å². The first-order chi connectivity index (χ1) is 8.30. The number of nitrogens with zero attached hydrogens (tertiary/aromatic N) is 4. The highest BCUT2D eigenvalue weighted by Gasteiger charge is 2.08. The van der Waals surface area contributed by atoms with Crippen LogP contribution in [0.25, 0.3) is 0 Å². The summed E-state index contributed by atoms with van der Waals surface area (Å²) in [6, 6.07) is 9.41. The Labute approximate surface area is 100 Å². The van der Waals surface area contributed by atoms with E-state index in [0.29, 0.717) is 38.2 Å². The molecular formula is C12H12N4O. The van der Waals surface area contributed by atoms with Gasteiger partial charge in [0.2, 0.25) is 5.76 Å². The predicted octanol–water partition coefficient (Wildman–Crippen LogP) is 1.78. The number of hydrogen-bond donors (Lipinski definition) is 0. The molecular weight excluding hydrogens is 216 g/mol. The van der Waals surface area contributed by atoms with Gasteiger partial charge in [-0.15, -0.1) is 0 Å². The quantitative estimate of drug-likeness (QED) is 0.740. The number of rotatable bonds is 6. The zero-order valence-electron chi connectivity index (χ0n) is 9.39. The Kier molecular flexibility index (Phi) is 5.31. The van der Waals surface area contributed by atoms with Crippen molar-refractivity contribution in [2.24, 2.45) is 0 Å². The minimum absolute atomic E-state index is 0.278. The van der Waals surface area contributed by atoms with Crippen LogP contribution in [0.4, 0.5) is 0 Å². The van der Waals surface area contributed by atoms with Gasteiger partial charge in [-0.3, -0.25) is 4.90 Å². The van der Waals surface area contributed by atoms with Gasteiger partial charge in [0.15, 0.2) is 0 Å². The van der Waals surface area contributed by atoms with Gasteiger partial charge in [0.25, 0.3) is 0 Å². The fourth-order valence-corrected chi connectivity index (χ4v) is 1.43. The molecule has 86 valence electrons.